The van der Waals surface area contributed by atoms with Gasteiger partial charge in [-0.15, -0.1) is 0 Å². The average Bonchev–Trinajstić information content (AvgIpc) is 2.25. The summed E-state index contributed by atoms with van der Waals surface area (Å²) in [5, 5.41) is 0.707. The maximum Gasteiger partial charge on any atom is 0.441 e. The monoisotopic (exact) mass is 333 g/mol. The van der Waals surface area contributed by atoms with E-state index in [1.165, 1.54) is 6.07 Å². The quantitative estimate of drug-likeness (QED) is 0.795. The van der Waals surface area contributed by atoms with Gasteiger partial charge in [0.1, 0.15) is 5.75 Å². The summed E-state index contributed by atoms with van der Waals surface area (Å²) in [4.78, 5) is 0. The third-order valence-corrected chi connectivity index (χ3v) is 3.29. The molecule has 0 aliphatic carbocycles. The number of hydrogen-bond donors (Lipinski definition) is 1. The summed E-state index contributed by atoms with van der Waals surface area (Å²) in [6, 6.07) is 3.13. The van der Waals surface area contributed by atoms with E-state index in [1.54, 1.807) is 6.07 Å². The first-order chi connectivity index (χ1) is 8.83. The topological polar surface area (TPSA) is 35.2 Å². The zero-order valence-corrected chi connectivity index (χ0v) is 12.1. The smallest absolute Gasteiger partial charge is 0.441 e. The van der Waals surface area contributed by atoms with Crippen LogP contribution in [0.3, 0.4) is 0 Å². The van der Waals surface area contributed by atoms with Crippen LogP contribution in [0, 0.1) is 0 Å². The molecule has 0 atom stereocenters. The molecule has 1 aromatic rings. The van der Waals surface area contributed by atoms with Gasteiger partial charge in [-0.05, 0) is 42.4 Å². The average molecular weight is 334 g/mol. The van der Waals surface area contributed by atoms with Crippen LogP contribution in [0.15, 0.2) is 12.1 Å². The Hall–Kier alpha value is -0.300. The van der Waals surface area contributed by atoms with E-state index in [9.17, 15) is 13.2 Å². The highest BCUT2D eigenvalue weighted by Gasteiger charge is 2.27. The molecular weight excluding hydrogens is 322 g/mol. The van der Waals surface area contributed by atoms with Crippen molar-refractivity contribution in [2.24, 2.45) is 5.73 Å². The molecule has 0 saturated carbocycles. The number of hydrogen-bond acceptors (Lipinski definition) is 3. The fraction of sp³-hybridized carbons (Fsp3) is 0.455. The number of alkyl halides is 3. The van der Waals surface area contributed by atoms with E-state index < -0.39 is 5.51 Å². The van der Waals surface area contributed by atoms with Crippen molar-refractivity contribution in [3.63, 3.8) is 0 Å². The number of ether oxygens (including phenoxy) is 1. The van der Waals surface area contributed by atoms with E-state index in [4.69, 9.17) is 33.7 Å². The van der Waals surface area contributed by atoms with Crippen molar-refractivity contribution in [1.82, 2.24) is 0 Å². The van der Waals surface area contributed by atoms with Crippen LogP contribution in [0.1, 0.15) is 5.56 Å². The standard InChI is InChI=1S/C11H12Cl2F3NOS/c12-8-5-7(1-2-17)10(9(13)6-8)18-3-4-19-11(14,15)16/h5-6H,1-4,17H2. The first-order valence-electron chi connectivity index (χ1n) is 5.35. The Balaban J connectivity index is 2.66. The Kier molecular flexibility index (Phi) is 6.59. The summed E-state index contributed by atoms with van der Waals surface area (Å²) < 4.78 is 41.2. The molecule has 0 aliphatic rings. The summed E-state index contributed by atoms with van der Waals surface area (Å²) in [6.45, 7) is 0.271. The van der Waals surface area contributed by atoms with Crippen molar-refractivity contribution in [2.75, 3.05) is 18.9 Å². The highest BCUT2D eigenvalue weighted by Crippen LogP contribution is 2.34. The van der Waals surface area contributed by atoms with Crippen molar-refractivity contribution in [2.45, 2.75) is 11.9 Å². The first-order valence-corrected chi connectivity index (χ1v) is 7.09. The molecule has 2 N–H and O–H groups in total. The molecular formula is C11H12Cl2F3NOS. The molecule has 1 aromatic carbocycles. The Morgan fingerprint density at radius 1 is 1.26 bits per heavy atom. The molecule has 0 bridgehead atoms. The van der Waals surface area contributed by atoms with Crippen molar-refractivity contribution < 1.29 is 17.9 Å². The minimum Gasteiger partial charge on any atom is -0.491 e. The lowest BCUT2D eigenvalue weighted by Crippen LogP contribution is -2.10. The Bertz CT molecular complexity index is 429. The fourth-order valence-corrected chi connectivity index (χ4v) is 2.41. The molecule has 0 fully saturated rings. The Morgan fingerprint density at radius 3 is 2.53 bits per heavy atom. The minimum absolute atomic E-state index is 0.0941. The van der Waals surface area contributed by atoms with E-state index in [0.717, 1.165) is 0 Å². The third kappa shape index (κ3) is 6.12. The molecule has 19 heavy (non-hydrogen) atoms. The number of halogens is 5. The highest BCUT2D eigenvalue weighted by atomic mass is 35.5. The third-order valence-electron chi connectivity index (χ3n) is 2.09. The second-order valence-electron chi connectivity index (χ2n) is 3.56. The van der Waals surface area contributed by atoms with E-state index in [-0.39, 0.29) is 29.1 Å². The van der Waals surface area contributed by atoms with Gasteiger partial charge in [-0.2, -0.15) is 13.2 Å². The number of thioether (sulfide) groups is 1. The lowest BCUT2D eigenvalue weighted by atomic mass is 10.1. The first kappa shape index (κ1) is 16.8. The van der Waals surface area contributed by atoms with Gasteiger partial charge in [-0.1, -0.05) is 23.2 Å². The number of rotatable bonds is 6. The van der Waals surface area contributed by atoms with Crippen LogP contribution < -0.4 is 10.5 Å². The van der Waals surface area contributed by atoms with Crippen molar-refractivity contribution >= 4 is 35.0 Å². The molecule has 2 nitrogen and oxygen atoms in total. The van der Waals surface area contributed by atoms with Crippen molar-refractivity contribution in [3.05, 3.63) is 27.7 Å². The molecule has 0 heterocycles. The Labute approximate surface area is 123 Å². The van der Waals surface area contributed by atoms with Crippen molar-refractivity contribution in [1.29, 1.82) is 0 Å². The van der Waals surface area contributed by atoms with Gasteiger partial charge in [0.2, 0.25) is 0 Å². The van der Waals surface area contributed by atoms with Gasteiger partial charge < -0.3 is 10.5 Å². The maximum absolute atomic E-state index is 12.0. The molecule has 0 spiro atoms. The fourth-order valence-electron chi connectivity index (χ4n) is 1.42. The van der Waals surface area contributed by atoms with E-state index in [0.29, 0.717) is 29.3 Å². The summed E-state index contributed by atoms with van der Waals surface area (Å²) in [7, 11) is 0. The second-order valence-corrected chi connectivity index (χ2v) is 5.56. The molecule has 0 amide bonds. The molecule has 0 aromatic heterocycles. The summed E-state index contributed by atoms with van der Waals surface area (Å²) in [6.07, 6.45) is 0.488. The van der Waals surface area contributed by atoms with Gasteiger partial charge in [-0.3, -0.25) is 0 Å². The zero-order valence-electron chi connectivity index (χ0n) is 9.77. The molecule has 0 radical (unpaired) electrons. The second kappa shape index (κ2) is 7.47. The van der Waals surface area contributed by atoms with Crippen LogP contribution >= 0.6 is 35.0 Å². The van der Waals surface area contributed by atoms with E-state index >= 15 is 0 Å². The molecule has 0 saturated heterocycles. The predicted molar refractivity (Wildman–Crippen MR) is 73.2 cm³/mol. The van der Waals surface area contributed by atoms with E-state index in [1.807, 2.05) is 0 Å². The zero-order chi connectivity index (χ0) is 14.5. The summed E-state index contributed by atoms with van der Waals surface area (Å²) in [5.74, 6) is 0.143. The van der Waals surface area contributed by atoms with Gasteiger partial charge in [0.15, 0.2) is 0 Å². The largest absolute Gasteiger partial charge is 0.491 e. The number of benzene rings is 1. The predicted octanol–water partition coefficient (Wildman–Crippen LogP) is 4.13. The number of nitrogens with two attached hydrogens (primary N) is 1. The van der Waals surface area contributed by atoms with Crippen LogP contribution in [0.25, 0.3) is 0 Å². The van der Waals surface area contributed by atoms with Crippen LogP contribution in [0.4, 0.5) is 13.2 Å². The maximum atomic E-state index is 12.0. The molecule has 0 aliphatic heterocycles. The lowest BCUT2D eigenvalue weighted by molar-refractivity contribution is -0.0329. The minimum atomic E-state index is -4.26. The summed E-state index contributed by atoms with van der Waals surface area (Å²) >= 11 is 11.7. The van der Waals surface area contributed by atoms with Gasteiger partial charge in [0, 0.05) is 10.8 Å². The van der Waals surface area contributed by atoms with Crippen LogP contribution in [-0.4, -0.2) is 24.4 Å². The normalized spacial score (nSPS) is 11.7. The van der Waals surface area contributed by atoms with Gasteiger partial charge in [0.05, 0.1) is 11.6 Å². The SMILES string of the molecule is NCCc1cc(Cl)cc(Cl)c1OCCSC(F)(F)F. The molecule has 108 valence electrons. The summed E-state index contributed by atoms with van der Waals surface area (Å²) in [5.41, 5.74) is 1.88. The Morgan fingerprint density at radius 2 is 1.95 bits per heavy atom. The molecule has 8 heteroatoms. The van der Waals surface area contributed by atoms with Gasteiger partial charge in [0.25, 0.3) is 0 Å². The van der Waals surface area contributed by atoms with Crippen LogP contribution in [-0.2, 0) is 6.42 Å². The van der Waals surface area contributed by atoms with Crippen molar-refractivity contribution in [3.8, 4) is 5.75 Å². The van der Waals surface area contributed by atoms with Crippen LogP contribution in [0.5, 0.6) is 5.75 Å². The van der Waals surface area contributed by atoms with E-state index in [2.05, 4.69) is 0 Å². The highest BCUT2D eigenvalue weighted by molar-refractivity contribution is 8.00. The van der Waals surface area contributed by atoms with Gasteiger partial charge in [-0.25, -0.2) is 0 Å². The van der Waals surface area contributed by atoms with Crippen LogP contribution in [0.2, 0.25) is 10.0 Å². The molecule has 0 unspecified atom stereocenters. The lowest BCUT2D eigenvalue weighted by Gasteiger charge is -2.13. The molecule has 1 rings (SSSR count). The van der Waals surface area contributed by atoms with Gasteiger partial charge >= 0.3 is 5.51 Å².